The lowest BCUT2D eigenvalue weighted by Gasteiger charge is -2.10. The van der Waals surface area contributed by atoms with Crippen LogP contribution in [0.5, 0.6) is 0 Å². The van der Waals surface area contributed by atoms with Crippen LogP contribution in [0, 0.1) is 6.92 Å². The van der Waals surface area contributed by atoms with Gasteiger partial charge in [-0.15, -0.1) is 0 Å². The molecule has 1 heterocycles. The molecule has 0 radical (unpaired) electrons. The average Bonchev–Trinajstić information content (AvgIpc) is 2.97. The van der Waals surface area contributed by atoms with E-state index >= 15 is 0 Å². The van der Waals surface area contributed by atoms with Crippen LogP contribution >= 0.6 is 0 Å². The van der Waals surface area contributed by atoms with Crippen molar-refractivity contribution in [2.24, 2.45) is 0 Å². The lowest BCUT2D eigenvalue weighted by molar-refractivity contribution is 0.816. The molecular weight excluding hydrogens is 258 g/mol. The standard InChI is InChI=1S/C18H19N3/c1-14-5-3-7-16(9-14)18-12-20-13-21(18)17-8-4-6-15(10-17)11-19-2/h3-10,12-13,19H,11H2,1-2H3. The van der Waals surface area contributed by atoms with Gasteiger partial charge in [-0.25, -0.2) is 4.98 Å². The molecule has 0 spiro atoms. The molecule has 3 aromatic rings. The number of rotatable bonds is 4. The Kier molecular flexibility index (Phi) is 3.84. The van der Waals surface area contributed by atoms with Gasteiger partial charge in [-0.3, -0.25) is 4.57 Å². The second-order valence-electron chi connectivity index (χ2n) is 5.22. The van der Waals surface area contributed by atoms with Crippen molar-refractivity contribution in [2.75, 3.05) is 7.05 Å². The van der Waals surface area contributed by atoms with Crippen LogP contribution in [-0.4, -0.2) is 16.6 Å². The Hall–Kier alpha value is -2.39. The number of aromatic nitrogens is 2. The minimum absolute atomic E-state index is 0.863. The highest BCUT2D eigenvalue weighted by atomic mass is 15.0. The Balaban J connectivity index is 2.05. The first-order chi connectivity index (χ1) is 10.3. The van der Waals surface area contributed by atoms with Crippen molar-refractivity contribution >= 4 is 0 Å². The highest BCUT2D eigenvalue weighted by Gasteiger charge is 2.07. The molecule has 21 heavy (non-hydrogen) atoms. The Bertz CT molecular complexity index is 743. The van der Waals surface area contributed by atoms with Gasteiger partial charge in [0.25, 0.3) is 0 Å². The van der Waals surface area contributed by atoms with Gasteiger partial charge < -0.3 is 5.32 Å². The summed E-state index contributed by atoms with van der Waals surface area (Å²) in [6.07, 6.45) is 3.79. The van der Waals surface area contributed by atoms with Crippen LogP contribution in [0.15, 0.2) is 61.1 Å². The minimum atomic E-state index is 0.863. The van der Waals surface area contributed by atoms with E-state index in [0.29, 0.717) is 0 Å². The number of aryl methyl sites for hydroxylation is 1. The number of nitrogens with one attached hydrogen (secondary N) is 1. The molecule has 0 amide bonds. The van der Waals surface area contributed by atoms with Gasteiger partial charge in [-0.2, -0.15) is 0 Å². The van der Waals surface area contributed by atoms with E-state index in [1.54, 1.807) is 0 Å². The van der Waals surface area contributed by atoms with Crippen LogP contribution in [0.3, 0.4) is 0 Å². The summed E-state index contributed by atoms with van der Waals surface area (Å²) in [5, 5.41) is 3.19. The van der Waals surface area contributed by atoms with Gasteiger partial charge in [0.1, 0.15) is 0 Å². The van der Waals surface area contributed by atoms with Crippen LogP contribution in [0.25, 0.3) is 16.9 Å². The SMILES string of the molecule is CNCc1cccc(-n2cncc2-c2cccc(C)c2)c1. The fourth-order valence-corrected chi connectivity index (χ4v) is 2.54. The fraction of sp³-hybridized carbons (Fsp3) is 0.167. The smallest absolute Gasteiger partial charge is 0.0997 e. The zero-order valence-electron chi connectivity index (χ0n) is 12.4. The van der Waals surface area contributed by atoms with Gasteiger partial charge >= 0.3 is 0 Å². The molecule has 3 nitrogen and oxygen atoms in total. The average molecular weight is 277 g/mol. The molecule has 1 aromatic heterocycles. The molecule has 0 aliphatic rings. The van der Waals surface area contributed by atoms with E-state index in [1.165, 1.54) is 16.7 Å². The quantitative estimate of drug-likeness (QED) is 0.790. The third-order valence-corrected chi connectivity index (χ3v) is 3.52. The van der Waals surface area contributed by atoms with Gasteiger partial charge in [-0.05, 0) is 37.7 Å². The maximum Gasteiger partial charge on any atom is 0.0997 e. The highest BCUT2D eigenvalue weighted by molar-refractivity contribution is 5.62. The van der Waals surface area contributed by atoms with Crippen LogP contribution in [0.2, 0.25) is 0 Å². The van der Waals surface area contributed by atoms with E-state index in [2.05, 4.69) is 70.3 Å². The predicted molar refractivity (Wildman–Crippen MR) is 86.5 cm³/mol. The first-order valence-electron chi connectivity index (χ1n) is 7.11. The summed E-state index contributed by atoms with van der Waals surface area (Å²) < 4.78 is 2.13. The molecule has 0 fully saturated rings. The van der Waals surface area contributed by atoms with Crippen LogP contribution in [-0.2, 0) is 6.54 Å². The van der Waals surface area contributed by atoms with Crippen molar-refractivity contribution in [3.63, 3.8) is 0 Å². The van der Waals surface area contributed by atoms with Crippen LogP contribution < -0.4 is 5.32 Å². The monoisotopic (exact) mass is 277 g/mol. The summed E-state index contributed by atoms with van der Waals surface area (Å²) in [5.74, 6) is 0. The highest BCUT2D eigenvalue weighted by Crippen LogP contribution is 2.23. The first kappa shape index (κ1) is 13.6. The zero-order chi connectivity index (χ0) is 14.7. The molecule has 0 unspecified atom stereocenters. The van der Waals surface area contributed by atoms with Crippen LogP contribution in [0.4, 0.5) is 0 Å². The molecule has 0 aliphatic carbocycles. The van der Waals surface area contributed by atoms with Gasteiger partial charge in [0.05, 0.1) is 18.2 Å². The topological polar surface area (TPSA) is 29.9 Å². The van der Waals surface area contributed by atoms with Gasteiger partial charge in [0, 0.05) is 17.8 Å². The van der Waals surface area contributed by atoms with Gasteiger partial charge in [0.15, 0.2) is 0 Å². The number of imidazole rings is 1. The second kappa shape index (κ2) is 5.94. The van der Waals surface area contributed by atoms with Crippen molar-refractivity contribution in [2.45, 2.75) is 13.5 Å². The Morgan fingerprint density at radius 1 is 1.10 bits per heavy atom. The van der Waals surface area contributed by atoms with Crippen LogP contribution in [0.1, 0.15) is 11.1 Å². The molecule has 2 aromatic carbocycles. The zero-order valence-corrected chi connectivity index (χ0v) is 12.4. The fourth-order valence-electron chi connectivity index (χ4n) is 2.54. The van der Waals surface area contributed by atoms with Crippen molar-refractivity contribution in [1.82, 2.24) is 14.9 Å². The molecule has 0 bridgehead atoms. The van der Waals surface area contributed by atoms with E-state index in [0.717, 1.165) is 17.9 Å². The summed E-state index contributed by atoms with van der Waals surface area (Å²) in [6.45, 7) is 2.97. The Labute approximate surface area is 125 Å². The molecule has 0 saturated carbocycles. The number of hydrogen-bond donors (Lipinski definition) is 1. The molecule has 0 saturated heterocycles. The normalized spacial score (nSPS) is 10.8. The van der Waals surface area contributed by atoms with Gasteiger partial charge in [-0.1, -0.05) is 35.9 Å². The Morgan fingerprint density at radius 3 is 2.76 bits per heavy atom. The number of benzene rings is 2. The Morgan fingerprint density at radius 2 is 1.95 bits per heavy atom. The number of nitrogens with zero attached hydrogens (tertiary/aromatic N) is 2. The summed E-state index contributed by atoms with van der Waals surface area (Å²) in [5.41, 5.74) is 5.95. The summed E-state index contributed by atoms with van der Waals surface area (Å²) in [7, 11) is 1.96. The third-order valence-electron chi connectivity index (χ3n) is 3.52. The summed E-state index contributed by atoms with van der Waals surface area (Å²) in [4.78, 5) is 4.33. The minimum Gasteiger partial charge on any atom is -0.316 e. The lowest BCUT2D eigenvalue weighted by Crippen LogP contribution is -2.05. The van der Waals surface area contributed by atoms with Crippen molar-refractivity contribution in [3.05, 3.63) is 72.2 Å². The maximum absolute atomic E-state index is 4.33. The van der Waals surface area contributed by atoms with E-state index in [1.807, 2.05) is 19.6 Å². The van der Waals surface area contributed by atoms with E-state index in [4.69, 9.17) is 0 Å². The van der Waals surface area contributed by atoms with E-state index < -0.39 is 0 Å². The first-order valence-corrected chi connectivity index (χ1v) is 7.11. The summed E-state index contributed by atoms with van der Waals surface area (Å²) >= 11 is 0. The largest absolute Gasteiger partial charge is 0.316 e. The van der Waals surface area contributed by atoms with Crippen molar-refractivity contribution in [3.8, 4) is 16.9 Å². The summed E-state index contributed by atoms with van der Waals surface area (Å²) in [6, 6.07) is 17.0. The van der Waals surface area contributed by atoms with Crippen molar-refractivity contribution in [1.29, 1.82) is 0 Å². The van der Waals surface area contributed by atoms with E-state index in [9.17, 15) is 0 Å². The second-order valence-corrected chi connectivity index (χ2v) is 5.22. The molecule has 0 atom stereocenters. The van der Waals surface area contributed by atoms with Gasteiger partial charge in [0.2, 0.25) is 0 Å². The molecule has 3 rings (SSSR count). The molecule has 1 N–H and O–H groups in total. The third kappa shape index (κ3) is 2.88. The molecular formula is C18H19N3. The maximum atomic E-state index is 4.33. The predicted octanol–water partition coefficient (Wildman–Crippen LogP) is 3.57. The molecule has 3 heteroatoms. The van der Waals surface area contributed by atoms with E-state index in [-0.39, 0.29) is 0 Å². The van der Waals surface area contributed by atoms with Crippen molar-refractivity contribution < 1.29 is 0 Å². The lowest BCUT2D eigenvalue weighted by atomic mass is 10.1. The molecule has 106 valence electrons. The molecule has 0 aliphatic heterocycles. The number of hydrogen-bond acceptors (Lipinski definition) is 2.